The van der Waals surface area contributed by atoms with E-state index in [1.165, 1.54) is 7.11 Å². The Hall–Kier alpha value is -2.23. The molecule has 0 aliphatic carbocycles. The molecule has 4 nitrogen and oxygen atoms in total. The lowest BCUT2D eigenvalue weighted by molar-refractivity contribution is 0.0601. The van der Waals surface area contributed by atoms with Crippen LogP contribution in [0.15, 0.2) is 41.0 Å². The molecule has 1 N–H and O–H groups in total. The van der Waals surface area contributed by atoms with Crippen molar-refractivity contribution in [3.05, 3.63) is 53.5 Å². The summed E-state index contributed by atoms with van der Waals surface area (Å²) in [5.41, 5.74) is 2.52. The van der Waals surface area contributed by atoms with E-state index in [1.807, 2.05) is 31.2 Å². The average molecular weight is 273 g/mol. The van der Waals surface area contributed by atoms with Crippen molar-refractivity contribution >= 4 is 11.7 Å². The van der Waals surface area contributed by atoms with Crippen molar-refractivity contribution in [1.29, 1.82) is 0 Å². The average Bonchev–Trinajstić information content (AvgIpc) is 2.99. The minimum absolute atomic E-state index is 0.0802. The zero-order valence-corrected chi connectivity index (χ0v) is 12.0. The number of ether oxygens (including phenoxy) is 1. The molecule has 0 spiro atoms. The van der Waals surface area contributed by atoms with E-state index in [2.05, 4.69) is 12.2 Å². The Balaban J connectivity index is 2.25. The summed E-state index contributed by atoms with van der Waals surface area (Å²) in [7, 11) is 1.38. The van der Waals surface area contributed by atoms with E-state index in [1.54, 1.807) is 12.3 Å². The van der Waals surface area contributed by atoms with Crippen molar-refractivity contribution < 1.29 is 13.9 Å². The van der Waals surface area contributed by atoms with Crippen molar-refractivity contribution in [2.45, 2.75) is 26.3 Å². The predicted octanol–water partition coefficient (Wildman–Crippen LogP) is 3.94. The second-order valence-electron chi connectivity index (χ2n) is 4.64. The molecule has 0 fully saturated rings. The van der Waals surface area contributed by atoms with Crippen molar-refractivity contribution in [3.63, 3.8) is 0 Å². The van der Waals surface area contributed by atoms with Crippen LogP contribution in [0, 0.1) is 6.92 Å². The Labute approximate surface area is 118 Å². The molecule has 0 saturated carbocycles. The van der Waals surface area contributed by atoms with Gasteiger partial charge in [0.1, 0.15) is 5.76 Å². The van der Waals surface area contributed by atoms with Crippen LogP contribution in [0.2, 0.25) is 0 Å². The second kappa shape index (κ2) is 6.28. The molecule has 0 bridgehead atoms. The second-order valence-corrected chi connectivity index (χ2v) is 4.64. The van der Waals surface area contributed by atoms with Crippen molar-refractivity contribution in [2.24, 2.45) is 0 Å². The molecule has 0 radical (unpaired) electrons. The van der Waals surface area contributed by atoms with Crippen LogP contribution in [0.4, 0.5) is 5.69 Å². The summed E-state index contributed by atoms with van der Waals surface area (Å²) in [5, 5.41) is 3.42. The van der Waals surface area contributed by atoms with Crippen LogP contribution in [0.3, 0.4) is 0 Å². The summed E-state index contributed by atoms with van der Waals surface area (Å²) in [6.45, 7) is 4.08. The maximum Gasteiger partial charge on any atom is 0.337 e. The van der Waals surface area contributed by atoms with E-state index in [0.29, 0.717) is 5.56 Å². The highest BCUT2D eigenvalue weighted by atomic mass is 16.5. The van der Waals surface area contributed by atoms with Gasteiger partial charge < -0.3 is 14.5 Å². The van der Waals surface area contributed by atoms with Gasteiger partial charge in [0.05, 0.1) is 25.0 Å². The fourth-order valence-electron chi connectivity index (χ4n) is 2.07. The molecular formula is C16H19NO3. The van der Waals surface area contributed by atoms with E-state index < -0.39 is 0 Å². The number of carbonyl (C=O) groups is 1. The van der Waals surface area contributed by atoms with Crippen LogP contribution < -0.4 is 5.32 Å². The van der Waals surface area contributed by atoms with Gasteiger partial charge in [-0.3, -0.25) is 0 Å². The fourth-order valence-corrected chi connectivity index (χ4v) is 2.07. The zero-order chi connectivity index (χ0) is 14.5. The first-order valence-corrected chi connectivity index (χ1v) is 6.64. The third kappa shape index (κ3) is 3.02. The first kappa shape index (κ1) is 14.2. The van der Waals surface area contributed by atoms with Gasteiger partial charge in [0.25, 0.3) is 0 Å². The maximum absolute atomic E-state index is 11.6. The van der Waals surface area contributed by atoms with Crippen LogP contribution in [0.25, 0.3) is 0 Å². The number of nitrogens with one attached hydrogen (secondary N) is 1. The fraction of sp³-hybridized carbons (Fsp3) is 0.312. The van der Waals surface area contributed by atoms with Crippen LogP contribution in [0.1, 0.15) is 41.1 Å². The lowest BCUT2D eigenvalue weighted by atomic mass is 10.1. The Morgan fingerprint density at radius 3 is 2.80 bits per heavy atom. The normalized spacial score (nSPS) is 11.9. The van der Waals surface area contributed by atoms with E-state index >= 15 is 0 Å². The minimum Gasteiger partial charge on any atom is -0.467 e. The number of esters is 1. The molecular weight excluding hydrogens is 254 g/mol. The van der Waals surface area contributed by atoms with Crippen LogP contribution in [-0.4, -0.2) is 13.1 Å². The predicted molar refractivity (Wildman–Crippen MR) is 77.9 cm³/mol. The van der Waals surface area contributed by atoms with Crippen LogP contribution in [0.5, 0.6) is 0 Å². The molecule has 0 amide bonds. The number of methoxy groups -OCH3 is 1. The number of hydrogen-bond acceptors (Lipinski definition) is 4. The molecule has 1 heterocycles. The highest BCUT2D eigenvalue weighted by molar-refractivity contribution is 5.90. The Morgan fingerprint density at radius 2 is 2.20 bits per heavy atom. The smallest absolute Gasteiger partial charge is 0.337 e. The van der Waals surface area contributed by atoms with Crippen molar-refractivity contribution in [2.75, 3.05) is 12.4 Å². The summed E-state index contributed by atoms with van der Waals surface area (Å²) in [6, 6.07) is 9.38. The summed E-state index contributed by atoms with van der Waals surface area (Å²) >= 11 is 0. The number of carbonyl (C=O) groups excluding carboxylic acids is 1. The van der Waals surface area contributed by atoms with Crippen molar-refractivity contribution in [1.82, 2.24) is 0 Å². The number of anilines is 1. The van der Waals surface area contributed by atoms with Gasteiger partial charge in [0.15, 0.2) is 0 Å². The molecule has 2 rings (SSSR count). The molecule has 0 aliphatic rings. The maximum atomic E-state index is 11.6. The number of furan rings is 1. The monoisotopic (exact) mass is 273 g/mol. The first-order chi connectivity index (χ1) is 9.65. The van der Waals surface area contributed by atoms with Crippen LogP contribution in [-0.2, 0) is 4.74 Å². The molecule has 1 atom stereocenters. The highest BCUT2D eigenvalue weighted by Crippen LogP contribution is 2.26. The summed E-state index contributed by atoms with van der Waals surface area (Å²) < 4.78 is 10.2. The third-order valence-electron chi connectivity index (χ3n) is 3.28. The minimum atomic E-state index is -0.334. The molecule has 1 aromatic carbocycles. The first-order valence-electron chi connectivity index (χ1n) is 6.64. The molecule has 0 aliphatic heterocycles. The van der Waals surface area contributed by atoms with Gasteiger partial charge in [-0.2, -0.15) is 0 Å². The lowest BCUT2D eigenvalue weighted by Gasteiger charge is -2.18. The zero-order valence-electron chi connectivity index (χ0n) is 12.0. The van der Waals surface area contributed by atoms with E-state index in [-0.39, 0.29) is 12.0 Å². The van der Waals surface area contributed by atoms with Gasteiger partial charge in [-0.1, -0.05) is 13.0 Å². The number of rotatable bonds is 5. The quantitative estimate of drug-likeness (QED) is 0.838. The molecule has 1 aromatic heterocycles. The third-order valence-corrected chi connectivity index (χ3v) is 3.28. The molecule has 1 unspecified atom stereocenters. The molecule has 106 valence electrons. The standard InChI is InChI=1S/C16H19NO3/c1-4-13(15-6-5-9-20-15)17-14-10-12(16(18)19-3)8-7-11(14)2/h5-10,13,17H,4H2,1-3H3. The Morgan fingerprint density at radius 1 is 1.40 bits per heavy atom. The lowest BCUT2D eigenvalue weighted by Crippen LogP contribution is -2.11. The highest BCUT2D eigenvalue weighted by Gasteiger charge is 2.14. The Bertz CT molecular complexity index is 575. The molecule has 4 heteroatoms. The summed E-state index contributed by atoms with van der Waals surface area (Å²) in [4.78, 5) is 11.6. The molecule has 20 heavy (non-hydrogen) atoms. The van der Waals surface area contributed by atoms with Crippen LogP contribution >= 0.6 is 0 Å². The number of aryl methyl sites for hydroxylation is 1. The van der Waals surface area contributed by atoms with E-state index in [0.717, 1.165) is 23.4 Å². The van der Waals surface area contributed by atoms with E-state index in [9.17, 15) is 4.79 Å². The topological polar surface area (TPSA) is 51.5 Å². The summed E-state index contributed by atoms with van der Waals surface area (Å²) in [6.07, 6.45) is 2.55. The van der Waals surface area contributed by atoms with Gasteiger partial charge in [-0.15, -0.1) is 0 Å². The van der Waals surface area contributed by atoms with Gasteiger partial charge in [0.2, 0.25) is 0 Å². The molecule has 0 saturated heterocycles. The summed E-state index contributed by atoms with van der Waals surface area (Å²) in [5.74, 6) is 0.550. The van der Waals surface area contributed by atoms with Gasteiger partial charge in [-0.05, 0) is 43.2 Å². The number of hydrogen-bond donors (Lipinski definition) is 1. The van der Waals surface area contributed by atoms with Crippen molar-refractivity contribution in [3.8, 4) is 0 Å². The SMILES string of the molecule is CCC(Nc1cc(C(=O)OC)ccc1C)c1ccco1. The van der Waals surface area contributed by atoms with Gasteiger partial charge in [-0.25, -0.2) is 4.79 Å². The largest absolute Gasteiger partial charge is 0.467 e. The van der Waals surface area contributed by atoms with E-state index in [4.69, 9.17) is 9.15 Å². The van der Waals surface area contributed by atoms with Gasteiger partial charge >= 0.3 is 5.97 Å². The number of benzene rings is 1. The Kier molecular flexibility index (Phi) is 4.45. The molecule has 2 aromatic rings. The van der Waals surface area contributed by atoms with Gasteiger partial charge in [0, 0.05) is 5.69 Å².